The van der Waals surface area contributed by atoms with Crippen molar-refractivity contribution in [1.29, 1.82) is 0 Å². The van der Waals surface area contributed by atoms with Gasteiger partial charge < -0.3 is 15.0 Å². The first-order valence-corrected chi connectivity index (χ1v) is 8.74. The van der Waals surface area contributed by atoms with Gasteiger partial charge in [0.1, 0.15) is 5.75 Å². The summed E-state index contributed by atoms with van der Waals surface area (Å²) in [5.41, 5.74) is 1.49. The zero-order chi connectivity index (χ0) is 17.9. The van der Waals surface area contributed by atoms with Crippen LogP contribution in [0.3, 0.4) is 0 Å². The largest absolute Gasteiger partial charge is 0.497 e. The molecule has 3 heterocycles. The monoisotopic (exact) mass is 351 g/mol. The van der Waals surface area contributed by atoms with E-state index in [0.717, 1.165) is 43.3 Å². The highest BCUT2D eigenvalue weighted by atomic mass is 16.5. The van der Waals surface area contributed by atoms with Gasteiger partial charge in [-0.05, 0) is 49.2 Å². The van der Waals surface area contributed by atoms with Crippen LogP contribution in [0.5, 0.6) is 5.75 Å². The van der Waals surface area contributed by atoms with Crippen LogP contribution < -0.4 is 15.0 Å². The predicted octanol–water partition coefficient (Wildman–Crippen LogP) is 2.14. The predicted molar refractivity (Wildman–Crippen MR) is 98.7 cm³/mol. The molecule has 0 aliphatic carbocycles. The van der Waals surface area contributed by atoms with Crippen molar-refractivity contribution >= 4 is 17.5 Å². The van der Waals surface area contributed by atoms with Crippen molar-refractivity contribution in [3.63, 3.8) is 0 Å². The van der Waals surface area contributed by atoms with E-state index >= 15 is 0 Å². The second-order valence-electron chi connectivity index (χ2n) is 6.39. The molecule has 26 heavy (non-hydrogen) atoms. The van der Waals surface area contributed by atoms with Crippen molar-refractivity contribution in [2.75, 3.05) is 25.1 Å². The van der Waals surface area contributed by atoms with Crippen LogP contribution in [0.25, 0.3) is 5.65 Å². The first-order valence-electron chi connectivity index (χ1n) is 8.74. The molecular formula is C19H21N5O2. The zero-order valence-electron chi connectivity index (χ0n) is 14.6. The van der Waals surface area contributed by atoms with Crippen LogP contribution in [0, 0.1) is 0 Å². The summed E-state index contributed by atoms with van der Waals surface area (Å²) in [6.07, 6.45) is 3.73. The number of piperidine rings is 1. The summed E-state index contributed by atoms with van der Waals surface area (Å²) in [5.74, 6) is 1.56. The summed E-state index contributed by atoms with van der Waals surface area (Å²) < 4.78 is 7.12. The fraction of sp³-hybridized carbons (Fsp3) is 0.316. The highest BCUT2D eigenvalue weighted by Gasteiger charge is 2.23. The van der Waals surface area contributed by atoms with E-state index < -0.39 is 0 Å². The van der Waals surface area contributed by atoms with Crippen LogP contribution in [0.1, 0.15) is 23.2 Å². The lowest BCUT2D eigenvalue weighted by Crippen LogP contribution is -2.45. The first kappa shape index (κ1) is 16.4. The molecule has 3 aromatic rings. The second-order valence-corrected chi connectivity index (χ2v) is 6.39. The molecule has 1 aliphatic heterocycles. The van der Waals surface area contributed by atoms with Gasteiger partial charge in [-0.2, -0.15) is 0 Å². The number of anilines is 1. The topological polar surface area (TPSA) is 71.8 Å². The highest BCUT2D eigenvalue weighted by Crippen LogP contribution is 2.19. The van der Waals surface area contributed by atoms with Crippen molar-refractivity contribution in [3.8, 4) is 5.75 Å². The smallest absolute Gasteiger partial charge is 0.251 e. The number of amides is 1. The Labute approximate surface area is 151 Å². The summed E-state index contributed by atoms with van der Waals surface area (Å²) in [6.45, 7) is 1.67. The number of pyridine rings is 1. The molecule has 4 rings (SSSR count). The van der Waals surface area contributed by atoms with Gasteiger partial charge in [0.05, 0.1) is 7.11 Å². The summed E-state index contributed by atoms with van der Waals surface area (Å²) >= 11 is 0. The Morgan fingerprint density at radius 1 is 1.12 bits per heavy atom. The molecule has 134 valence electrons. The fourth-order valence-electron chi connectivity index (χ4n) is 3.28. The summed E-state index contributed by atoms with van der Waals surface area (Å²) in [4.78, 5) is 14.6. The molecule has 1 amide bonds. The Balaban J connectivity index is 1.36. The van der Waals surface area contributed by atoms with Crippen LogP contribution in [0.4, 0.5) is 5.95 Å². The number of ether oxygens (including phenoxy) is 1. The molecule has 0 radical (unpaired) electrons. The molecular weight excluding hydrogens is 330 g/mol. The van der Waals surface area contributed by atoms with E-state index in [1.165, 1.54) is 0 Å². The third kappa shape index (κ3) is 3.20. The molecule has 1 saturated heterocycles. The molecule has 0 bridgehead atoms. The number of rotatable bonds is 4. The van der Waals surface area contributed by atoms with Crippen LogP contribution in [0.2, 0.25) is 0 Å². The molecule has 0 spiro atoms. The lowest BCUT2D eigenvalue weighted by Gasteiger charge is -2.32. The van der Waals surface area contributed by atoms with Gasteiger partial charge in [-0.25, -0.2) is 0 Å². The molecule has 1 fully saturated rings. The lowest BCUT2D eigenvalue weighted by atomic mass is 10.0. The van der Waals surface area contributed by atoms with E-state index in [1.54, 1.807) is 31.4 Å². The van der Waals surface area contributed by atoms with Gasteiger partial charge in [0, 0.05) is 30.9 Å². The molecule has 1 aromatic carbocycles. The molecule has 0 unspecified atom stereocenters. The van der Waals surface area contributed by atoms with E-state index in [2.05, 4.69) is 20.4 Å². The van der Waals surface area contributed by atoms with E-state index in [9.17, 15) is 4.79 Å². The summed E-state index contributed by atoms with van der Waals surface area (Å²) in [5, 5.41) is 11.6. The number of aromatic nitrogens is 3. The SMILES string of the molecule is COc1ccc(C(=O)NC2CCN(c3nnc4ccccn34)CC2)cc1. The number of methoxy groups -OCH3 is 1. The lowest BCUT2D eigenvalue weighted by molar-refractivity contribution is 0.0931. The van der Waals surface area contributed by atoms with Crippen molar-refractivity contribution in [3.05, 3.63) is 54.2 Å². The quantitative estimate of drug-likeness (QED) is 0.780. The minimum atomic E-state index is -0.0426. The maximum Gasteiger partial charge on any atom is 0.251 e. The van der Waals surface area contributed by atoms with E-state index in [0.29, 0.717) is 5.56 Å². The first-order chi connectivity index (χ1) is 12.7. The Morgan fingerprint density at radius 2 is 1.88 bits per heavy atom. The maximum absolute atomic E-state index is 12.4. The second kappa shape index (κ2) is 7.03. The Morgan fingerprint density at radius 3 is 2.62 bits per heavy atom. The van der Waals surface area contributed by atoms with Crippen molar-refractivity contribution in [2.45, 2.75) is 18.9 Å². The van der Waals surface area contributed by atoms with Gasteiger partial charge in [-0.15, -0.1) is 10.2 Å². The van der Waals surface area contributed by atoms with E-state index in [4.69, 9.17) is 4.74 Å². The number of hydrogen-bond acceptors (Lipinski definition) is 5. The molecule has 7 nitrogen and oxygen atoms in total. The average Bonchev–Trinajstić information content (AvgIpc) is 3.13. The number of nitrogens with one attached hydrogen (secondary N) is 1. The Hall–Kier alpha value is -3.09. The van der Waals surface area contributed by atoms with Crippen molar-refractivity contribution in [1.82, 2.24) is 19.9 Å². The van der Waals surface area contributed by atoms with Gasteiger partial charge in [0.25, 0.3) is 5.91 Å². The standard InChI is InChI=1S/C19H21N5O2/c1-26-16-7-5-14(6-8-16)18(25)20-15-9-12-23(13-10-15)19-22-21-17-4-2-3-11-24(17)19/h2-8,11,15H,9-10,12-13H2,1H3,(H,20,25). The molecule has 1 N–H and O–H groups in total. The van der Waals surface area contributed by atoms with E-state index in [1.807, 2.05) is 28.8 Å². The molecule has 1 aliphatic rings. The van der Waals surface area contributed by atoms with Gasteiger partial charge in [-0.3, -0.25) is 9.20 Å². The number of fused-ring (bicyclic) bond motifs is 1. The van der Waals surface area contributed by atoms with Gasteiger partial charge >= 0.3 is 0 Å². The summed E-state index contributed by atoms with van der Waals surface area (Å²) in [7, 11) is 1.61. The van der Waals surface area contributed by atoms with Crippen molar-refractivity contribution < 1.29 is 9.53 Å². The minimum absolute atomic E-state index is 0.0426. The molecule has 0 atom stereocenters. The Bertz CT molecular complexity index is 898. The minimum Gasteiger partial charge on any atom is -0.497 e. The number of carbonyl (C=O) groups excluding carboxylic acids is 1. The average molecular weight is 351 g/mol. The highest BCUT2D eigenvalue weighted by molar-refractivity contribution is 5.94. The molecule has 7 heteroatoms. The normalized spacial score (nSPS) is 15.2. The van der Waals surface area contributed by atoms with Gasteiger partial charge in [0.15, 0.2) is 5.65 Å². The number of benzene rings is 1. The fourth-order valence-corrected chi connectivity index (χ4v) is 3.28. The van der Waals surface area contributed by atoms with Crippen molar-refractivity contribution in [2.24, 2.45) is 0 Å². The number of carbonyl (C=O) groups is 1. The van der Waals surface area contributed by atoms with Crippen LogP contribution >= 0.6 is 0 Å². The van der Waals surface area contributed by atoms with Crippen LogP contribution in [0.15, 0.2) is 48.7 Å². The molecule has 2 aromatic heterocycles. The zero-order valence-corrected chi connectivity index (χ0v) is 14.6. The van der Waals surface area contributed by atoms with Crippen LogP contribution in [-0.4, -0.2) is 46.7 Å². The third-order valence-electron chi connectivity index (χ3n) is 4.76. The maximum atomic E-state index is 12.4. The van der Waals surface area contributed by atoms with Crippen LogP contribution in [-0.2, 0) is 0 Å². The number of hydrogen-bond donors (Lipinski definition) is 1. The van der Waals surface area contributed by atoms with Gasteiger partial charge in [0.2, 0.25) is 5.95 Å². The van der Waals surface area contributed by atoms with Gasteiger partial charge in [-0.1, -0.05) is 6.07 Å². The Kier molecular flexibility index (Phi) is 4.43. The third-order valence-corrected chi connectivity index (χ3v) is 4.76. The summed E-state index contributed by atoms with van der Waals surface area (Å²) in [6, 6.07) is 13.2. The van der Waals surface area contributed by atoms with E-state index in [-0.39, 0.29) is 11.9 Å². The number of nitrogens with zero attached hydrogens (tertiary/aromatic N) is 4. The molecule has 0 saturated carbocycles.